The maximum absolute atomic E-state index is 7.49. The van der Waals surface area contributed by atoms with Gasteiger partial charge in [-0.3, -0.25) is 5.41 Å². The van der Waals surface area contributed by atoms with Gasteiger partial charge in [-0.2, -0.15) is 0 Å². The van der Waals surface area contributed by atoms with E-state index in [2.05, 4.69) is 9.97 Å². The molecule has 20 heavy (non-hydrogen) atoms. The summed E-state index contributed by atoms with van der Waals surface area (Å²) in [6, 6.07) is 5.82. The fourth-order valence-corrected chi connectivity index (χ4v) is 2.84. The number of hydrogen-bond donors (Lipinski definition) is 2. The van der Waals surface area contributed by atoms with E-state index in [1.54, 1.807) is 0 Å². The molecular weight excluding hydrogens is 268 g/mol. The normalized spacial score (nSPS) is 10.6. The number of benzene rings is 1. The Morgan fingerprint density at radius 2 is 1.70 bits per heavy atom. The molecule has 0 unspecified atom stereocenters. The summed E-state index contributed by atoms with van der Waals surface area (Å²) < 4.78 is 0. The van der Waals surface area contributed by atoms with Gasteiger partial charge in [0.2, 0.25) is 0 Å². The van der Waals surface area contributed by atoms with Gasteiger partial charge in [0.25, 0.3) is 0 Å². The molecule has 2 rings (SSSR count). The van der Waals surface area contributed by atoms with Crippen LogP contribution >= 0.6 is 11.8 Å². The predicted molar refractivity (Wildman–Crippen MR) is 82.6 cm³/mol. The van der Waals surface area contributed by atoms with Gasteiger partial charge in [-0.15, -0.1) is 0 Å². The average molecular weight is 286 g/mol. The maximum atomic E-state index is 7.49. The van der Waals surface area contributed by atoms with Crippen molar-refractivity contribution >= 4 is 17.6 Å². The van der Waals surface area contributed by atoms with Crippen LogP contribution in [0.3, 0.4) is 0 Å². The first-order valence-electron chi connectivity index (χ1n) is 6.33. The van der Waals surface area contributed by atoms with Crippen molar-refractivity contribution < 1.29 is 0 Å². The van der Waals surface area contributed by atoms with Gasteiger partial charge in [0.15, 0.2) is 5.16 Å². The average Bonchev–Trinajstić information content (AvgIpc) is 2.35. The Bertz CT molecular complexity index is 657. The van der Waals surface area contributed by atoms with Crippen molar-refractivity contribution in [3.63, 3.8) is 0 Å². The van der Waals surface area contributed by atoms with E-state index in [1.165, 1.54) is 11.8 Å². The van der Waals surface area contributed by atoms with Gasteiger partial charge in [0.1, 0.15) is 5.84 Å². The molecule has 0 saturated carbocycles. The molecular formula is C15H18N4S. The topological polar surface area (TPSA) is 75.7 Å². The Morgan fingerprint density at radius 1 is 1.10 bits per heavy atom. The van der Waals surface area contributed by atoms with Crippen molar-refractivity contribution in [1.82, 2.24) is 9.97 Å². The van der Waals surface area contributed by atoms with Crippen molar-refractivity contribution in [2.75, 3.05) is 0 Å². The number of aryl methyl sites for hydroxylation is 3. The summed E-state index contributed by atoms with van der Waals surface area (Å²) in [7, 11) is 0. The minimum absolute atomic E-state index is 0.0947. The van der Waals surface area contributed by atoms with Gasteiger partial charge in [-0.1, -0.05) is 0 Å². The second kappa shape index (κ2) is 5.63. The van der Waals surface area contributed by atoms with Crippen LogP contribution in [-0.2, 0) is 0 Å². The molecule has 0 aliphatic heterocycles. The first-order chi connectivity index (χ1) is 9.38. The third-order valence-corrected chi connectivity index (χ3v) is 4.16. The largest absolute Gasteiger partial charge is 0.384 e. The lowest BCUT2D eigenvalue weighted by Crippen LogP contribution is -2.12. The first kappa shape index (κ1) is 14.5. The van der Waals surface area contributed by atoms with Gasteiger partial charge in [-0.05, 0) is 68.8 Å². The summed E-state index contributed by atoms with van der Waals surface area (Å²) in [6.07, 6.45) is 0. The van der Waals surface area contributed by atoms with E-state index in [1.807, 2.05) is 45.9 Å². The summed E-state index contributed by atoms with van der Waals surface area (Å²) >= 11 is 1.53. The SMILES string of the molecule is Cc1cc(Sc2nc(C)c(C)c(C)n2)ccc1C(=N)N. The molecule has 0 amide bonds. The van der Waals surface area contributed by atoms with E-state index >= 15 is 0 Å². The molecule has 0 bridgehead atoms. The predicted octanol–water partition coefficient (Wildman–Crippen LogP) is 3.15. The molecule has 0 saturated heterocycles. The Labute approximate surface area is 123 Å². The highest BCUT2D eigenvalue weighted by atomic mass is 32.2. The van der Waals surface area contributed by atoms with E-state index in [-0.39, 0.29) is 5.84 Å². The van der Waals surface area contributed by atoms with Crippen LogP contribution in [0.15, 0.2) is 28.3 Å². The van der Waals surface area contributed by atoms with E-state index < -0.39 is 0 Å². The fourth-order valence-electron chi connectivity index (χ4n) is 1.89. The summed E-state index contributed by atoms with van der Waals surface area (Å²) in [4.78, 5) is 10.1. The molecule has 4 nitrogen and oxygen atoms in total. The molecule has 0 atom stereocenters. The van der Waals surface area contributed by atoms with Crippen molar-refractivity contribution in [2.24, 2.45) is 5.73 Å². The summed E-state index contributed by atoms with van der Waals surface area (Å²) in [5.74, 6) is 0.0947. The monoisotopic (exact) mass is 286 g/mol. The van der Waals surface area contributed by atoms with E-state index in [9.17, 15) is 0 Å². The molecule has 104 valence electrons. The van der Waals surface area contributed by atoms with Crippen LogP contribution in [0.25, 0.3) is 0 Å². The third-order valence-electron chi connectivity index (χ3n) is 3.31. The summed E-state index contributed by atoms with van der Waals surface area (Å²) in [5, 5.41) is 8.24. The molecule has 1 aromatic heterocycles. The molecule has 3 N–H and O–H groups in total. The summed E-state index contributed by atoms with van der Waals surface area (Å²) in [5.41, 5.74) is 10.4. The van der Waals surface area contributed by atoms with Crippen molar-refractivity contribution in [2.45, 2.75) is 37.7 Å². The molecule has 2 aromatic rings. The quantitative estimate of drug-likeness (QED) is 0.516. The number of amidine groups is 1. The lowest BCUT2D eigenvalue weighted by atomic mass is 10.1. The van der Waals surface area contributed by atoms with Crippen LogP contribution in [0.2, 0.25) is 0 Å². The Morgan fingerprint density at radius 3 is 2.20 bits per heavy atom. The molecule has 0 radical (unpaired) electrons. The van der Waals surface area contributed by atoms with E-state index in [4.69, 9.17) is 11.1 Å². The summed E-state index contributed by atoms with van der Waals surface area (Å²) in [6.45, 7) is 7.98. The molecule has 0 aliphatic rings. The lowest BCUT2D eigenvalue weighted by molar-refractivity contribution is 0.881. The van der Waals surface area contributed by atoms with Crippen molar-refractivity contribution in [1.29, 1.82) is 5.41 Å². The van der Waals surface area contributed by atoms with Crippen LogP contribution in [0.1, 0.15) is 28.1 Å². The second-order valence-electron chi connectivity index (χ2n) is 4.79. The zero-order chi connectivity index (χ0) is 14.9. The number of rotatable bonds is 3. The van der Waals surface area contributed by atoms with Crippen LogP contribution in [0.4, 0.5) is 0 Å². The smallest absolute Gasteiger partial charge is 0.192 e. The number of nitrogen functional groups attached to an aromatic ring is 1. The highest BCUT2D eigenvalue weighted by Gasteiger charge is 2.08. The lowest BCUT2D eigenvalue weighted by Gasteiger charge is -2.08. The number of nitrogens with two attached hydrogens (primary N) is 1. The molecule has 0 aliphatic carbocycles. The van der Waals surface area contributed by atoms with Crippen molar-refractivity contribution in [3.8, 4) is 0 Å². The van der Waals surface area contributed by atoms with E-state index in [0.29, 0.717) is 0 Å². The molecule has 1 aromatic carbocycles. The zero-order valence-corrected chi connectivity index (χ0v) is 12.9. The standard InChI is InChI=1S/C15H18N4S/c1-8-7-12(5-6-13(8)14(16)17)20-15-18-10(3)9(2)11(4)19-15/h5-7H,1-4H3,(H3,16,17). The van der Waals surface area contributed by atoms with Crippen LogP contribution in [0, 0.1) is 33.1 Å². The maximum Gasteiger partial charge on any atom is 0.192 e. The van der Waals surface area contributed by atoms with Gasteiger partial charge >= 0.3 is 0 Å². The Balaban J connectivity index is 2.31. The minimum atomic E-state index is 0.0947. The Hall–Kier alpha value is -1.88. The van der Waals surface area contributed by atoms with E-state index in [0.717, 1.165) is 38.1 Å². The highest BCUT2D eigenvalue weighted by Crippen LogP contribution is 2.27. The van der Waals surface area contributed by atoms with Crippen LogP contribution < -0.4 is 5.73 Å². The zero-order valence-electron chi connectivity index (χ0n) is 12.1. The van der Waals surface area contributed by atoms with Gasteiger partial charge in [0.05, 0.1) is 0 Å². The van der Waals surface area contributed by atoms with Gasteiger partial charge < -0.3 is 5.73 Å². The van der Waals surface area contributed by atoms with Crippen LogP contribution in [0.5, 0.6) is 0 Å². The Kier molecular flexibility index (Phi) is 4.09. The number of aromatic nitrogens is 2. The number of nitrogens with one attached hydrogen (secondary N) is 1. The molecule has 1 heterocycles. The van der Waals surface area contributed by atoms with Crippen LogP contribution in [-0.4, -0.2) is 15.8 Å². The molecule has 0 spiro atoms. The fraction of sp³-hybridized carbons (Fsp3) is 0.267. The first-order valence-corrected chi connectivity index (χ1v) is 7.15. The van der Waals surface area contributed by atoms with Gasteiger partial charge in [0, 0.05) is 21.8 Å². The molecule has 5 heteroatoms. The number of nitrogens with zero attached hydrogens (tertiary/aromatic N) is 2. The number of hydrogen-bond acceptors (Lipinski definition) is 4. The minimum Gasteiger partial charge on any atom is -0.384 e. The van der Waals surface area contributed by atoms with Crippen molar-refractivity contribution in [3.05, 3.63) is 46.3 Å². The highest BCUT2D eigenvalue weighted by molar-refractivity contribution is 7.99. The third kappa shape index (κ3) is 2.99. The molecule has 0 fully saturated rings. The van der Waals surface area contributed by atoms with Gasteiger partial charge in [-0.25, -0.2) is 9.97 Å². The second-order valence-corrected chi connectivity index (χ2v) is 5.84.